The summed E-state index contributed by atoms with van der Waals surface area (Å²) < 4.78 is 25.0. The Balaban J connectivity index is 3.12. The molecule has 0 N–H and O–H groups in total. The van der Waals surface area contributed by atoms with Crippen LogP contribution in [-0.2, 0) is 10.0 Å². The Morgan fingerprint density at radius 1 is 1.16 bits per heavy atom. The van der Waals surface area contributed by atoms with Crippen LogP contribution in [0, 0.1) is 0 Å². The Kier molecular flexibility index (Phi) is 4.85. The molecule has 0 saturated heterocycles. The maximum absolute atomic E-state index is 12.0. The van der Waals surface area contributed by atoms with Gasteiger partial charge in [-0.25, -0.2) is 12.7 Å². The first kappa shape index (κ1) is 15.4. The fraction of sp³-hybridized carbons (Fsp3) is 0.308. The second-order valence-corrected chi connectivity index (χ2v) is 6.61. The normalized spacial score (nSPS) is 12.1. The van der Waals surface area contributed by atoms with Gasteiger partial charge in [-0.15, -0.1) is 0 Å². The highest BCUT2D eigenvalue weighted by Gasteiger charge is 2.18. The van der Waals surface area contributed by atoms with Gasteiger partial charge in [0.05, 0.1) is 4.90 Å². The van der Waals surface area contributed by atoms with Crippen LogP contribution in [0.1, 0.15) is 10.4 Å². The molecule has 0 aliphatic heterocycles. The second-order valence-electron chi connectivity index (χ2n) is 4.46. The molecule has 0 aliphatic rings. The zero-order valence-corrected chi connectivity index (χ0v) is 12.3. The van der Waals surface area contributed by atoms with Crippen LogP contribution in [0.4, 0.5) is 0 Å². The summed E-state index contributed by atoms with van der Waals surface area (Å²) in [6, 6.07) is 6.02. The third kappa shape index (κ3) is 3.90. The van der Waals surface area contributed by atoms with Gasteiger partial charge in [0, 0.05) is 46.0 Å². The number of hydrogen-bond donors (Lipinski definition) is 0. The molecule has 0 heterocycles. The molecule has 0 unspecified atom stereocenters. The number of carbonyl (C=O) groups is 1. The van der Waals surface area contributed by atoms with Crippen molar-refractivity contribution in [1.82, 2.24) is 9.21 Å². The molecule has 0 amide bonds. The average molecular weight is 282 g/mol. The molecule has 0 fully saturated rings. The van der Waals surface area contributed by atoms with Crippen molar-refractivity contribution in [1.29, 1.82) is 0 Å². The highest BCUT2D eigenvalue weighted by molar-refractivity contribution is 7.89. The van der Waals surface area contributed by atoms with Crippen molar-refractivity contribution in [3.05, 3.63) is 42.1 Å². The zero-order valence-electron chi connectivity index (χ0n) is 11.5. The van der Waals surface area contributed by atoms with Gasteiger partial charge in [0.15, 0.2) is 5.78 Å². The van der Waals surface area contributed by atoms with E-state index in [1.54, 1.807) is 37.3 Å². The fourth-order valence-electron chi connectivity index (χ4n) is 1.33. The highest BCUT2D eigenvalue weighted by Crippen LogP contribution is 2.15. The van der Waals surface area contributed by atoms with Gasteiger partial charge in [0.25, 0.3) is 0 Å². The predicted molar refractivity (Wildman–Crippen MR) is 74.5 cm³/mol. The summed E-state index contributed by atoms with van der Waals surface area (Å²) in [6.07, 6.45) is 3.02. The number of benzene rings is 1. The van der Waals surface area contributed by atoms with Gasteiger partial charge in [-0.2, -0.15) is 0 Å². The minimum Gasteiger partial charge on any atom is -0.383 e. The van der Waals surface area contributed by atoms with Crippen LogP contribution >= 0.6 is 0 Å². The monoisotopic (exact) mass is 282 g/mol. The second kappa shape index (κ2) is 5.99. The molecular formula is C13H18N2O3S. The Labute approximate surface area is 114 Å². The van der Waals surface area contributed by atoms with Gasteiger partial charge >= 0.3 is 0 Å². The third-order valence-corrected chi connectivity index (χ3v) is 4.23. The molecule has 0 saturated carbocycles. The molecular weight excluding hydrogens is 264 g/mol. The van der Waals surface area contributed by atoms with E-state index >= 15 is 0 Å². The minimum atomic E-state index is -3.52. The number of rotatable bonds is 5. The van der Waals surface area contributed by atoms with E-state index in [2.05, 4.69) is 0 Å². The van der Waals surface area contributed by atoms with E-state index < -0.39 is 10.0 Å². The van der Waals surface area contributed by atoms with E-state index in [0.29, 0.717) is 5.56 Å². The zero-order chi connectivity index (χ0) is 14.6. The van der Waals surface area contributed by atoms with Crippen molar-refractivity contribution in [3.63, 3.8) is 0 Å². The quantitative estimate of drug-likeness (QED) is 0.601. The van der Waals surface area contributed by atoms with Gasteiger partial charge in [-0.1, -0.05) is 12.1 Å². The van der Waals surface area contributed by atoms with Gasteiger partial charge in [0.2, 0.25) is 10.0 Å². The van der Waals surface area contributed by atoms with Crippen LogP contribution < -0.4 is 0 Å². The Morgan fingerprint density at radius 3 is 2.32 bits per heavy atom. The number of hydrogen-bond acceptors (Lipinski definition) is 4. The van der Waals surface area contributed by atoms with E-state index in [1.807, 2.05) is 0 Å². The molecule has 1 aromatic carbocycles. The van der Waals surface area contributed by atoms with Gasteiger partial charge in [-0.05, 0) is 12.1 Å². The topological polar surface area (TPSA) is 57.7 Å². The average Bonchev–Trinajstić information content (AvgIpc) is 2.35. The van der Waals surface area contributed by atoms with E-state index in [-0.39, 0.29) is 10.7 Å². The Bertz CT molecular complexity index is 590. The summed E-state index contributed by atoms with van der Waals surface area (Å²) in [7, 11) is 3.00. The Morgan fingerprint density at radius 2 is 1.79 bits per heavy atom. The first-order valence-electron chi connectivity index (χ1n) is 5.66. The standard InChI is InChI=1S/C13H18N2O3S/c1-14(2)9-8-13(16)11-6-5-7-12(10-11)19(17,18)15(3)4/h5-10H,1-4H3. The number of sulfonamides is 1. The highest BCUT2D eigenvalue weighted by atomic mass is 32.2. The SMILES string of the molecule is CN(C)C=CC(=O)c1cccc(S(=O)(=O)N(C)C)c1. The molecule has 5 nitrogen and oxygen atoms in total. The van der Waals surface area contributed by atoms with Crippen molar-refractivity contribution < 1.29 is 13.2 Å². The van der Waals surface area contributed by atoms with Crippen molar-refractivity contribution in [2.45, 2.75) is 4.90 Å². The van der Waals surface area contributed by atoms with Gasteiger partial charge in [-0.3, -0.25) is 4.79 Å². The largest absolute Gasteiger partial charge is 0.383 e. The molecule has 1 aromatic rings. The van der Waals surface area contributed by atoms with Gasteiger partial charge < -0.3 is 4.90 Å². The summed E-state index contributed by atoms with van der Waals surface area (Å²) in [6.45, 7) is 0. The number of carbonyl (C=O) groups excluding carboxylic acids is 1. The fourth-order valence-corrected chi connectivity index (χ4v) is 2.28. The molecule has 0 aliphatic carbocycles. The summed E-state index contributed by atoms with van der Waals surface area (Å²) >= 11 is 0. The maximum Gasteiger partial charge on any atom is 0.242 e. The third-order valence-electron chi connectivity index (χ3n) is 2.42. The molecule has 19 heavy (non-hydrogen) atoms. The number of nitrogens with zero attached hydrogens (tertiary/aromatic N) is 2. The molecule has 0 atom stereocenters. The van der Waals surface area contributed by atoms with Gasteiger partial charge in [0.1, 0.15) is 0 Å². The summed E-state index contributed by atoms with van der Waals surface area (Å²) in [4.78, 5) is 13.7. The lowest BCUT2D eigenvalue weighted by atomic mass is 10.1. The van der Waals surface area contributed by atoms with Crippen LogP contribution in [0.3, 0.4) is 0 Å². The lowest BCUT2D eigenvalue weighted by Crippen LogP contribution is -2.22. The first-order chi connectivity index (χ1) is 8.75. The number of ketones is 1. The predicted octanol–water partition coefficient (Wildman–Crippen LogP) is 1.19. The van der Waals surface area contributed by atoms with Crippen LogP contribution in [-0.4, -0.2) is 51.6 Å². The molecule has 0 bridgehead atoms. The lowest BCUT2D eigenvalue weighted by molar-refractivity contribution is 0.104. The maximum atomic E-state index is 12.0. The summed E-state index contributed by atoms with van der Waals surface area (Å²) in [5.41, 5.74) is 0.348. The summed E-state index contributed by atoms with van der Waals surface area (Å²) in [5, 5.41) is 0. The molecule has 6 heteroatoms. The Hall–Kier alpha value is -1.66. The minimum absolute atomic E-state index is 0.113. The molecule has 0 aromatic heterocycles. The van der Waals surface area contributed by atoms with Crippen LogP contribution in [0.25, 0.3) is 0 Å². The van der Waals surface area contributed by atoms with Crippen LogP contribution in [0.5, 0.6) is 0 Å². The van der Waals surface area contributed by atoms with Crippen molar-refractivity contribution in [3.8, 4) is 0 Å². The smallest absolute Gasteiger partial charge is 0.242 e. The van der Waals surface area contributed by atoms with Crippen molar-refractivity contribution in [2.24, 2.45) is 0 Å². The van der Waals surface area contributed by atoms with Crippen LogP contribution in [0.2, 0.25) is 0 Å². The van der Waals surface area contributed by atoms with E-state index in [4.69, 9.17) is 0 Å². The molecule has 1 rings (SSSR count). The number of allylic oxidation sites excluding steroid dienone is 1. The summed E-state index contributed by atoms with van der Waals surface area (Å²) in [5.74, 6) is -0.232. The van der Waals surface area contributed by atoms with E-state index in [0.717, 1.165) is 4.31 Å². The van der Waals surface area contributed by atoms with Crippen molar-refractivity contribution in [2.75, 3.05) is 28.2 Å². The molecule has 0 radical (unpaired) electrons. The molecule has 104 valence electrons. The first-order valence-corrected chi connectivity index (χ1v) is 7.10. The van der Waals surface area contributed by atoms with Crippen LogP contribution in [0.15, 0.2) is 41.4 Å². The lowest BCUT2D eigenvalue weighted by Gasteiger charge is -2.11. The van der Waals surface area contributed by atoms with E-state index in [9.17, 15) is 13.2 Å². The van der Waals surface area contributed by atoms with E-state index in [1.165, 1.54) is 32.3 Å². The van der Waals surface area contributed by atoms with Crippen molar-refractivity contribution >= 4 is 15.8 Å². The molecule has 0 spiro atoms.